The van der Waals surface area contributed by atoms with E-state index in [0.717, 1.165) is 26.2 Å². The van der Waals surface area contributed by atoms with E-state index in [9.17, 15) is 0 Å². The summed E-state index contributed by atoms with van der Waals surface area (Å²) in [6, 6.07) is 0. The maximum absolute atomic E-state index is 4.28. The Hall–Kier alpha value is -0.450. The number of nitrogens with zero attached hydrogens (tertiary/aromatic N) is 2. The molecule has 1 aromatic rings. The minimum atomic E-state index is 1.02. The number of rotatable bonds is 10. The summed E-state index contributed by atoms with van der Waals surface area (Å²) in [6.45, 7) is 8.71. The molecule has 0 saturated heterocycles. The SMILES string of the molecule is CCCCCCNCCN(C)Cc1scnc1C. The van der Waals surface area contributed by atoms with Gasteiger partial charge in [0.1, 0.15) is 0 Å². The summed E-state index contributed by atoms with van der Waals surface area (Å²) in [5.41, 5.74) is 3.11. The van der Waals surface area contributed by atoms with E-state index >= 15 is 0 Å². The smallest absolute Gasteiger partial charge is 0.0798 e. The molecular weight excluding hydrogens is 242 g/mol. The Labute approximate surface area is 116 Å². The monoisotopic (exact) mass is 269 g/mol. The van der Waals surface area contributed by atoms with Crippen LogP contribution in [0.1, 0.15) is 43.2 Å². The molecule has 0 amide bonds. The summed E-state index contributed by atoms with van der Waals surface area (Å²) in [6.07, 6.45) is 5.36. The Morgan fingerprint density at radius 3 is 2.78 bits per heavy atom. The molecule has 1 heterocycles. The molecule has 1 N–H and O–H groups in total. The van der Waals surface area contributed by atoms with Crippen LogP contribution in [-0.2, 0) is 6.54 Å². The van der Waals surface area contributed by atoms with E-state index in [1.54, 1.807) is 11.3 Å². The second-order valence-electron chi connectivity index (χ2n) is 4.91. The predicted octanol–water partition coefficient (Wildman–Crippen LogP) is 3.05. The van der Waals surface area contributed by atoms with Crippen LogP contribution in [0, 0.1) is 6.92 Å². The van der Waals surface area contributed by atoms with Gasteiger partial charge >= 0.3 is 0 Å². The van der Waals surface area contributed by atoms with Crippen molar-refractivity contribution < 1.29 is 0 Å². The number of unbranched alkanes of at least 4 members (excludes halogenated alkanes) is 3. The van der Waals surface area contributed by atoms with Crippen molar-refractivity contribution in [2.45, 2.75) is 46.1 Å². The molecule has 0 aromatic carbocycles. The number of likely N-dealkylation sites (N-methyl/N-ethyl adjacent to an activating group) is 1. The number of thiazole rings is 1. The van der Waals surface area contributed by atoms with Gasteiger partial charge in [-0.1, -0.05) is 26.2 Å². The second kappa shape index (κ2) is 9.48. The van der Waals surface area contributed by atoms with Gasteiger partial charge < -0.3 is 5.32 Å². The summed E-state index contributed by atoms with van der Waals surface area (Å²) < 4.78 is 0. The van der Waals surface area contributed by atoms with Gasteiger partial charge in [0.05, 0.1) is 11.2 Å². The van der Waals surface area contributed by atoms with Gasteiger partial charge in [0, 0.05) is 24.5 Å². The molecule has 104 valence electrons. The molecule has 0 spiro atoms. The Morgan fingerprint density at radius 1 is 1.28 bits per heavy atom. The molecule has 0 aliphatic rings. The molecule has 0 saturated carbocycles. The van der Waals surface area contributed by atoms with Gasteiger partial charge in [0.2, 0.25) is 0 Å². The second-order valence-corrected chi connectivity index (χ2v) is 5.85. The number of hydrogen-bond acceptors (Lipinski definition) is 4. The number of aromatic nitrogens is 1. The van der Waals surface area contributed by atoms with E-state index in [4.69, 9.17) is 0 Å². The van der Waals surface area contributed by atoms with Gasteiger partial charge in [0.25, 0.3) is 0 Å². The normalized spacial score (nSPS) is 11.3. The zero-order chi connectivity index (χ0) is 13.2. The van der Waals surface area contributed by atoms with Crippen molar-refractivity contribution in [2.24, 2.45) is 0 Å². The molecule has 0 aliphatic heterocycles. The highest BCUT2D eigenvalue weighted by molar-refractivity contribution is 7.09. The van der Waals surface area contributed by atoms with Crippen molar-refractivity contribution in [3.8, 4) is 0 Å². The highest BCUT2D eigenvalue weighted by atomic mass is 32.1. The van der Waals surface area contributed by atoms with Crippen LogP contribution in [0.2, 0.25) is 0 Å². The van der Waals surface area contributed by atoms with Crippen molar-refractivity contribution in [3.05, 3.63) is 16.1 Å². The molecule has 18 heavy (non-hydrogen) atoms. The summed E-state index contributed by atoms with van der Waals surface area (Å²) in [7, 11) is 2.18. The number of aryl methyl sites for hydroxylation is 1. The summed E-state index contributed by atoms with van der Waals surface area (Å²) in [5, 5.41) is 3.52. The van der Waals surface area contributed by atoms with Gasteiger partial charge in [-0.2, -0.15) is 0 Å². The van der Waals surface area contributed by atoms with Crippen LogP contribution in [0.25, 0.3) is 0 Å². The highest BCUT2D eigenvalue weighted by Crippen LogP contribution is 2.13. The maximum Gasteiger partial charge on any atom is 0.0798 e. The lowest BCUT2D eigenvalue weighted by Gasteiger charge is -2.16. The van der Waals surface area contributed by atoms with Gasteiger partial charge in [-0.3, -0.25) is 4.90 Å². The zero-order valence-corrected chi connectivity index (χ0v) is 12.9. The van der Waals surface area contributed by atoms with Crippen LogP contribution >= 0.6 is 11.3 Å². The molecule has 0 atom stereocenters. The molecule has 0 bridgehead atoms. The molecule has 1 aromatic heterocycles. The van der Waals surface area contributed by atoms with Crippen molar-refractivity contribution in [1.82, 2.24) is 15.2 Å². The minimum Gasteiger partial charge on any atom is -0.315 e. The van der Waals surface area contributed by atoms with E-state index in [-0.39, 0.29) is 0 Å². The molecule has 0 unspecified atom stereocenters. The van der Waals surface area contributed by atoms with Gasteiger partial charge in [-0.15, -0.1) is 11.3 Å². The number of hydrogen-bond donors (Lipinski definition) is 1. The molecule has 0 fully saturated rings. The Morgan fingerprint density at radius 2 is 2.11 bits per heavy atom. The average molecular weight is 269 g/mol. The lowest BCUT2D eigenvalue weighted by Crippen LogP contribution is -2.29. The zero-order valence-electron chi connectivity index (χ0n) is 12.0. The van der Waals surface area contributed by atoms with Crippen molar-refractivity contribution in [2.75, 3.05) is 26.7 Å². The fourth-order valence-corrected chi connectivity index (χ4v) is 2.73. The van der Waals surface area contributed by atoms with E-state index in [1.807, 2.05) is 5.51 Å². The first-order chi connectivity index (χ1) is 8.74. The standard InChI is InChI=1S/C14H27N3S/c1-4-5-6-7-8-15-9-10-17(3)11-14-13(2)16-12-18-14/h12,15H,4-11H2,1-3H3. The van der Waals surface area contributed by atoms with Crippen molar-refractivity contribution >= 4 is 11.3 Å². The van der Waals surface area contributed by atoms with Crippen LogP contribution in [-0.4, -0.2) is 36.6 Å². The van der Waals surface area contributed by atoms with Crippen LogP contribution in [0.3, 0.4) is 0 Å². The summed E-state index contributed by atoms with van der Waals surface area (Å²) in [4.78, 5) is 8.03. The molecule has 3 nitrogen and oxygen atoms in total. The summed E-state index contributed by atoms with van der Waals surface area (Å²) >= 11 is 1.76. The van der Waals surface area contributed by atoms with Gasteiger partial charge in [-0.25, -0.2) is 4.98 Å². The van der Waals surface area contributed by atoms with Crippen LogP contribution < -0.4 is 5.32 Å². The third kappa shape index (κ3) is 6.47. The average Bonchev–Trinajstić information content (AvgIpc) is 2.74. The highest BCUT2D eigenvalue weighted by Gasteiger charge is 2.04. The molecular formula is C14H27N3S. The van der Waals surface area contributed by atoms with E-state index in [1.165, 1.54) is 36.3 Å². The van der Waals surface area contributed by atoms with E-state index < -0.39 is 0 Å². The molecule has 4 heteroatoms. The van der Waals surface area contributed by atoms with Crippen molar-refractivity contribution in [1.29, 1.82) is 0 Å². The fourth-order valence-electron chi connectivity index (χ4n) is 1.87. The lowest BCUT2D eigenvalue weighted by molar-refractivity contribution is 0.326. The first kappa shape index (κ1) is 15.6. The first-order valence-corrected chi connectivity index (χ1v) is 7.90. The quantitative estimate of drug-likeness (QED) is 0.662. The first-order valence-electron chi connectivity index (χ1n) is 7.02. The lowest BCUT2D eigenvalue weighted by atomic mass is 10.2. The third-order valence-electron chi connectivity index (χ3n) is 3.14. The number of nitrogens with one attached hydrogen (secondary N) is 1. The van der Waals surface area contributed by atoms with E-state index in [2.05, 4.69) is 36.1 Å². The fraction of sp³-hybridized carbons (Fsp3) is 0.786. The largest absolute Gasteiger partial charge is 0.315 e. The van der Waals surface area contributed by atoms with Crippen molar-refractivity contribution in [3.63, 3.8) is 0 Å². The topological polar surface area (TPSA) is 28.2 Å². The summed E-state index contributed by atoms with van der Waals surface area (Å²) in [5.74, 6) is 0. The Balaban J connectivity index is 2.00. The van der Waals surface area contributed by atoms with Crippen LogP contribution in [0.5, 0.6) is 0 Å². The third-order valence-corrected chi connectivity index (χ3v) is 4.06. The van der Waals surface area contributed by atoms with Gasteiger partial charge in [0.15, 0.2) is 0 Å². The Kier molecular flexibility index (Phi) is 8.22. The Bertz CT molecular complexity index is 312. The predicted molar refractivity (Wildman–Crippen MR) is 80.2 cm³/mol. The molecule has 0 radical (unpaired) electrons. The van der Waals surface area contributed by atoms with E-state index in [0.29, 0.717) is 0 Å². The molecule has 0 aliphatic carbocycles. The molecule has 1 rings (SSSR count). The van der Waals surface area contributed by atoms with Crippen LogP contribution in [0.15, 0.2) is 5.51 Å². The minimum absolute atomic E-state index is 1.02. The van der Waals surface area contributed by atoms with Gasteiger partial charge in [-0.05, 0) is 26.9 Å². The van der Waals surface area contributed by atoms with Crippen LogP contribution in [0.4, 0.5) is 0 Å². The maximum atomic E-state index is 4.28.